The minimum Gasteiger partial charge on any atom is -0.480 e. The van der Waals surface area contributed by atoms with E-state index in [1.807, 2.05) is 0 Å². The van der Waals surface area contributed by atoms with Crippen LogP contribution in [0.5, 0.6) is 0 Å². The largest absolute Gasteiger partial charge is 0.480 e. The van der Waals surface area contributed by atoms with Crippen LogP contribution in [0.2, 0.25) is 0 Å². The molecule has 0 bridgehead atoms. The van der Waals surface area contributed by atoms with Crippen molar-refractivity contribution in [2.45, 2.75) is 12.7 Å². The van der Waals surface area contributed by atoms with E-state index in [0.29, 0.717) is 5.52 Å². The topological polar surface area (TPSA) is 71.7 Å². The number of fused-ring (bicyclic) bond motifs is 1. The summed E-state index contributed by atoms with van der Waals surface area (Å²) in [7, 11) is 0. The monoisotopic (exact) mass is 380 g/mol. The number of para-hydroxylation sites is 1. The first-order chi connectivity index (χ1) is 12.3. The minimum atomic E-state index is -4.49. The van der Waals surface area contributed by atoms with E-state index in [0.717, 1.165) is 40.3 Å². The summed E-state index contributed by atoms with van der Waals surface area (Å²) in [5, 5.41) is 9.08. The van der Waals surface area contributed by atoms with Crippen molar-refractivity contribution in [1.29, 1.82) is 0 Å². The molecule has 0 aliphatic carbocycles. The van der Waals surface area contributed by atoms with Gasteiger partial charge in [0.15, 0.2) is 4.80 Å². The second kappa shape index (κ2) is 6.75. The Kier molecular flexibility index (Phi) is 4.64. The fourth-order valence-corrected chi connectivity index (χ4v) is 3.38. The number of alkyl halides is 3. The van der Waals surface area contributed by atoms with E-state index in [1.54, 1.807) is 24.3 Å². The van der Waals surface area contributed by atoms with E-state index in [1.165, 1.54) is 4.57 Å². The molecule has 0 saturated carbocycles. The maximum Gasteiger partial charge on any atom is 0.416 e. The third-order valence-electron chi connectivity index (χ3n) is 3.54. The van der Waals surface area contributed by atoms with Gasteiger partial charge >= 0.3 is 12.1 Å². The summed E-state index contributed by atoms with van der Waals surface area (Å²) in [4.78, 5) is 27.5. The van der Waals surface area contributed by atoms with Crippen LogP contribution >= 0.6 is 11.3 Å². The van der Waals surface area contributed by atoms with Gasteiger partial charge in [-0.25, -0.2) is 0 Å². The molecule has 0 aliphatic heterocycles. The smallest absolute Gasteiger partial charge is 0.416 e. The van der Waals surface area contributed by atoms with Gasteiger partial charge in [-0.05, 0) is 36.4 Å². The number of hydrogen-bond donors (Lipinski definition) is 1. The van der Waals surface area contributed by atoms with Crippen molar-refractivity contribution in [2.24, 2.45) is 4.99 Å². The van der Waals surface area contributed by atoms with Crippen molar-refractivity contribution in [1.82, 2.24) is 4.57 Å². The molecule has 0 spiro atoms. The fraction of sp³-hybridized carbons (Fsp3) is 0.118. The van der Waals surface area contributed by atoms with Gasteiger partial charge in [0.05, 0.1) is 15.8 Å². The van der Waals surface area contributed by atoms with E-state index in [-0.39, 0.29) is 16.9 Å². The SMILES string of the molecule is O=C(O)Cn1/c(=N/C(=O)c2ccc(C(F)(F)F)cc2)sc2ccccc21. The Morgan fingerprint density at radius 2 is 1.73 bits per heavy atom. The molecule has 0 aliphatic rings. The zero-order chi connectivity index (χ0) is 18.9. The molecule has 1 amide bonds. The Balaban J connectivity index is 2.04. The molecule has 134 valence electrons. The van der Waals surface area contributed by atoms with E-state index < -0.39 is 23.6 Å². The van der Waals surface area contributed by atoms with Crippen molar-refractivity contribution in [2.75, 3.05) is 0 Å². The number of nitrogens with zero attached hydrogens (tertiary/aromatic N) is 2. The van der Waals surface area contributed by atoms with Crippen LogP contribution in [0.25, 0.3) is 10.2 Å². The predicted octanol–water partition coefficient (Wildman–Crippen LogP) is 3.55. The molecule has 9 heteroatoms. The average Bonchev–Trinajstić information content (AvgIpc) is 2.91. The summed E-state index contributed by atoms with van der Waals surface area (Å²) in [5.74, 6) is -1.85. The first-order valence-corrected chi connectivity index (χ1v) is 8.14. The standard InChI is InChI=1S/C17H11F3N2O3S/c18-17(19,20)11-7-5-10(6-8-11)15(25)21-16-22(9-14(23)24)12-3-1-2-4-13(12)26-16/h1-8H,9H2,(H,23,24)/b21-16-. The number of carboxylic acids is 1. The molecule has 3 aromatic rings. The van der Waals surface area contributed by atoms with E-state index in [2.05, 4.69) is 4.99 Å². The Morgan fingerprint density at radius 1 is 1.08 bits per heavy atom. The first kappa shape index (κ1) is 17.9. The van der Waals surface area contributed by atoms with Gasteiger partial charge in [-0.2, -0.15) is 18.2 Å². The number of carbonyl (C=O) groups excluding carboxylic acids is 1. The molecule has 1 aromatic heterocycles. The molecular formula is C17H11F3N2O3S. The van der Waals surface area contributed by atoms with Crippen LogP contribution in [0.4, 0.5) is 13.2 Å². The number of thiazole rings is 1. The molecule has 0 atom stereocenters. The number of carboxylic acid groups (broad SMARTS) is 1. The van der Waals surface area contributed by atoms with Gasteiger partial charge in [-0.1, -0.05) is 23.5 Å². The van der Waals surface area contributed by atoms with Gasteiger partial charge in [-0.3, -0.25) is 9.59 Å². The quantitative estimate of drug-likeness (QED) is 0.755. The molecule has 3 rings (SSSR count). The Morgan fingerprint density at radius 3 is 2.35 bits per heavy atom. The van der Waals surface area contributed by atoms with Gasteiger partial charge in [-0.15, -0.1) is 0 Å². The molecular weight excluding hydrogens is 369 g/mol. The van der Waals surface area contributed by atoms with Gasteiger partial charge < -0.3 is 9.67 Å². The first-order valence-electron chi connectivity index (χ1n) is 7.32. The van der Waals surface area contributed by atoms with Crippen LogP contribution in [0, 0.1) is 0 Å². The molecule has 26 heavy (non-hydrogen) atoms. The number of hydrogen-bond acceptors (Lipinski definition) is 3. The zero-order valence-electron chi connectivity index (χ0n) is 13.0. The van der Waals surface area contributed by atoms with Gasteiger partial charge in [0, 0.05) is 5.56 Å². The van der Waals surface area contributed by atoms with Gasteiger partial charge in [0.2, 0.25) is 0 Å². The predicted molar refractivity (Wildman–Crippen MR) is 88.8 cm³/mol. The van der Waals surface area contributed by atoms with E-state index in [9.17, 15) is 22.8 Å². The van der Waals surface area contributed by atoms with Crippen molar-refractivity contribution in [3.63, 3.8) is 0 Å². The Labute approximate surface area is 148 Å². The molecule has 0 radical (unpaired) electrons. The van der Waals surface area contributed by atoms with Crippen LogP contribution in [0.15, 0.2) is 53.5 Å². The van der Waals surface area contributed by atoms with Crippen molar-refractivity contribution >= 4 is 33.4 Å². The number of amides is 1. The summed E-state index contributed by atoms with van der Waals surface area (Å²) in [5.41, 5.74) is -0.270. The van der Waals surface area contributed by atoms with Gasteiger partial charge in [0.1, 0.15) is 6.54 Å². The third kappa shape index (κ3) is 3.67. The summed E-state index contributed by atoms with van der Waals surface area (Å²) < 4.78 is 39.9. The second-order valence-electron chi connectivity index (χ2n) is 5.32. The van der Waals surface area contributed by atoms with Crippen LogP contribution in [-0.2, 0) is 17.5 Å². The summed E-state index contributed by atoms with van der Waals surface area (Å²) in [6.45, 7) is -0.386. The minimum absolute atomic E-state index is 0.0164. The maximum atomic E-state index is 12.6. The molecule has 1 heterocycles. The zero-order valence-corrected chi connectivity index (χ0v) is 13.8. The highest BCUT2D eigenvalue weighted by atomic mass is 32.1. The van der Waals surface area contributed by atoms with E-state index in [4.69, 9.17) is 5.11 Å². The summed E-state index contributed by atoms with van der Waals surface area (Å²) >= 11 is 1.13. The lowest BCUT2D eigenvalue weighted by molar-refractivity contribution is -0.138. The Hall–Kier alpha value is -2.94. The second-order valence-corrected chi connectivity index (χ2v) is 6.33. The number of carbonyl (C=O) groups is 2. The van der Waals surface area contributed by atoms with Crippen molar-refractivity contribution < 1.29 is 27.9 Å². The average molecular weight is 380 g/mol. The summed E-state index contributed by atoms with van der Waals surface area (Å²) in [6, 6.07) is 10.7. The molecule has 5 nitrogen and oxygen atoms in total. The molecule has 0 fully saturated rings. The number of aliphatic carboxylic acids is 1. The van der Waals surface area contributed by atoms with Crippen molar-refractivity contribution in [3.8, 4) is 0 Å². The van der Waals surface area contributed by atoms with Crippen LogP contribution in [0.3, 0.4) is 0 Å². The fourth-order valence-electron chi connectivity index (χ4n) is 2.35. The van der Waals surface area contributed by atoms with Crippen LogP contribution in [-0.4, -0.2) is 21.6 Å². The van der Waals surface area contributed by atoms with Crippen LogP contribution < -0.4 is 4.80 Å². The Bertz CT molecular complexity index is 1050. The lowest BCUT2D eigenvalue weighted by Gasteiger charge is -2.06. The number of halogens is 3. The molecule has 2 aromatic carbocycles. The van der Waals surface area contributed by atoms with E-state index >= 15 is 0 Å². The molecule has 1 N–H and O–H groups in total. The summed E-state index contributed by atoms with van der Waals surface area (Å²) in [6.07, 6.45) is -4.49. The number of aromatic nitrogens is 1. The molecule has 0 saturated heterocycles. The highest BCUT2D eigenvalue weighted by Gasteiger charge is 2.30. The lowest BCUT2D eigenvalue weighted by Crippen LogP contribution is -2.21. The van der Waals surface area contributed by atoms with Crippen molar-refractivity contribution in [3.05, 3.63) is 64.5 Å². The third-order valence-corrected chi connectivity index (χ3v) is 4.60. The number of rotatable bonds is 3. The molecule has 0 unspecified atom stereocenters. The highest BCUT2D eigenvalue weighted by molar-refractivity contribution is 7.16. The van der Waals surface area contributed by atoms with Crippen LogP contribution in [0.1, 0.15) is 15.9 Å². The lowest BCUT2D eigenvalue weighted by atomic mass is 10.1. The normalized spacial score (nSPS) is 12.5. The highest BCUT2D eigenvalue weighted by Crippen LogP contribution is 2.29. The van der Waals surface area contributed by atoms with Gasteiger partial charge in [0.25, 0.3) is 5.91 Å². The maximum absolute atomic E-state index is 12.6. The number of benzene rings is 2.